The van der Waals surface area contributed by atoms with Crippen LogP contribution in [0, 0.1) is 11.3 Å². The predicted molar refractivity (Wildman–Crippen MR) is 128 cm³/mol. The summed E-state index contributed by atoms with van der Waals surface area (Å²) in [5, 5.41) is 22.4. The molecule has 0 saturated heterocycles. The van der Waals surface area contributed by atoms with Gasteiger partial charge < -0.3 is 10.2 Å². The first kappa shape index (κ1) is 26.7. The van der Waals surface area contributed by atoms with Crippen LogP contribution in [0.2, 0.25) is 0 Å². The van der Waals surface area contributed by atoms with Gasteiger partial charge in [0.1, 0.15) is 17.1 Å². The van der Waals surface area contributed by atoms with E-state index in [-0.39, 0.29) is 53.6 Å². The molecule has 31 heavy (non-hydrogen) atoms. The molecule has 0 fully saturated rings. The number of Topliss-reactive ketones (excluding diaryl/α,β-unsaturated/α-hetero) is 2. The van der Waals surface area contributed by atoms with Crippen LogP contribution in [-0.4, -0.2) is 21.8 Å². The second-order valence-electron chi connectivity index (χ2n) is 9.47. The van der Waals surface area contributed by atoms with Gasteiger partial charge in [-0.05, 0) is 67.2 Å². The quantitative estimate of drug-likeness (QED) is 0.284. The molecule has 0 saturated carbocycles. The minimum Gasteiger partial charge on any atom is -0.511 e. The maximum atomic E-state index is 13.8. The van der Waals surface area contributed by atoms with Gasteiger partial charge in [0.25, 0.3) is 0 Å². The first-order valence-electron chi connectivity index (χ1n) is 11.2. The number of carbonyl (C=O) groups excluding carboxylic acids is 2. The Morgan fingerprint density at radius 2 is 1.42 bits per heavy atom. The van der Waals surface area contributed by atoms with Crippen molar-refractivity contribution in [3.8, 4) is 0 Å². The van der Waals surface area contributed by atoms with Crippen molar-refractivity contribution in [2.24, 2.45) is 11.3 Å². The zero-order valence-electron chi connectivity index (χ0n) is 20.6. The van der Waals surface area contributed by atoms with E-state index >= 15 is 0 Å². The van der Waals surface area contributed by atoms with Crippen molar-refractivity contribution in [1.82, 2.24) is 0 Å². The lowest BCUT2D eigenvalue weighted by Gasteiger charge is -2.36. The third kappa shape index (κ3) is 6.32. The SMILES string of the molecule is CCCC(C)C(=O)C1=C(O)C(CC=C(C)C)=C(O)C(CC=C(C)C)(CC=C(C)C)C1=O. The highest BCUT2D eigenvalue weighted by Gasteiger charge is 2.50. The molecule has 1 aliphatic rings. The van der Waals surface area contributed by atoms with Gasteiger partial charge in [0, 0.05) is 11.5 Å². The molecular formula is C27H40O4. The minimum absolute atomic E-state index is 0.123. The van der Waals surface area contributed by atoms with Crippen LogP contribution in [0.25, 0.3) is 0 Å². The average Bonchev–Trinajstić information content (AvgIpc) is 2.67. The molecular weight excluding hydrogens is 388 g/mol. The highest BCUT2D eigenvalue weighted by Crippen LogP contribution is 2.47. The summed E-state index contributed by atoms with van der Waals surface area (Å²) in [6.45, 7) is 15.4. The van der Waals surface area contributed by atoms with Gasteiger partial charge >= 0.3 is 0 Å². The summed E-state index contributed by atoms with van der Waals surface area (Å²) >= 11 is 0. The van der Waals surface area contributed by atoms with Crippen molar-refractivity contribution < 1.29 is 19.8 Å². The van der Waals surface area contributed by atoms with Crippen molar-refractivity contribution in [3.63, 3.8) is 0 Å². The lowest BCUT2D eigenvalue weighted by molar-refractivity contribution is -0.129. The molecule has 4 heteroatoms. The molecule has 0 radical (unpaired) electrons. The summed E-state index contributed by atoms with van der Waals surface area (Å²) in [7, 11) is 0. The van der Waals surface area contributed by atoms with Crippen molar-refractivity contribution in [1.29, 1.82) is 0 Å². The average molecular weight is 429 g/mol. The third-order valence-electron chi connectivity index (χ3n) is 5.77. The van der Waals surface area contributed by atoms with Crippen molar-refractivity contribution in [2.45, 2.75) is 87.5 Å². The number of ketones is 2. The van der Waals surface area contributed by atoms with Gasteiger partial charge in [-0.3, -0.25) is 9.59 Å². The van der Waals surface area contributed by atoms with E-state index in [4.69, 9.17) is 0 Å². The van der Waals surface area contributed by atoms with Gasteiger partial charge in [-0.15, -0.1) is 0 Å². The van der Waals surface area contributed by atoms with Crippen LogP contribution in [-0.2, 0) is 9.59 Å². The Balaban J connectivity index is 3.84. The number of aliphatic hydroxyl groups excluding tert-OH is 2. The zero-order chi connectivity index (χ0) is 23.9. The molecule has 0 aliphatic heterocycles. The molecule has 1 aliphatic carbocycles. The number of rotatable bonds is 10. The van der Waals surface area contributed by atoms with Crippen LogP contribution in [0.5, 0.6) is 0 Å². The first-order chi connectivity index (χ1) is 14.4. The van der Waals surface area contributed by atoms with Crippen molar-refractivity contribution in [3.05, 3.63) is 57.6 Å². The van der Waals surface area contributed by atoms with E-state index in [1.54, 1.807) is 6.92 Å². The normalized spacial score (nSPS) is 16.7. The van der Waals surface area contributed by atoms with Crippen LogP contribution in [0.4, 0.5) is 0 Å². The monoisotopic (exact) mass is 428 g/mol. The molecule has 0 amide bonds. The molecule has 0 aromatic carbocycles. The Kier molecular flexibility index (Phi) is 9.73. The molecule has 0 aromatic heterocycles. The maximum Gasteiger partial charge on any atom is 0.184 e. The smallest absolute Gasteiger partial charge is 0.184 e. The standard InChI is InChI=1S/C27H40O4/c1-9-10-20(8)23(28)22-24(29)21(12-11-17(2)3)25(30)27(26(22)31,15-13-18(4)5)16-14-19(6)7/h11,13-14,20,29-30H,9-10,12,15-16H2,1-8H3. The lowest BCUT2D eigenvalue weighted by Crippen LogP contribution is -2.41. The van der Waals surface area contributed by atoms with Crippen LogP contribution >= 0.6 is 0 Å². The summed E-state index contributed by atoms with van der Waals surface area (Å²) in [6, 6.07) is 0. The molecule has 0 aromatic rings. The summed E-state index contributed by atoms with van der Waals surface area (Å²) in [6.07, 6.45) is 7.98. The van der Waals surface area contributed by atoms with E-state index in [1.165, 1.54) is 0 Å². The first-order valence-corrected chi connectivity index (χ1v) is 11.2. The van der Waals surface area contributed by atoms with Crippen LogP contribution in [0.15, 0.2) is 57.6 Å². The zero-order valence-corrected chi connectivity index (χ0v) is 20.6. The predicted octanol–water partition coefficient (Wildman–Crippen LogP) is 7.25. The van der Waals surface area contributed by atoms with E-state index < -0.39 is 11.2 Å². The topological polar surface area (TPSA) is 74.6 Å². The second-order valence-corrected chi connectivity index (χ2v) is 9.47. The third-order valence-corrected chi connectivity index (χ3v) is 5.77. The Morgan fingerprint density at radius 1 is 0.935 bits per heavy atom. The van der Waals surface area contributed by atoms with Crippen LogP contribution in [0.1, 0.15) is 87.5 Å². The fraction of sp³-hybridized carbons (Fsp3) is 0.556. The Bertz CT molecular complexity index is 830. The fourth-order valence-corrected chi connectivity index (χ4v) is 3.76. The van der Waals surface area contributed by atoms with E-state index in [0.717, 1.165) is 23.1 Å². The van der Waals surface area contributed by atoms with Crippen molar-refractivity contribution in [2.75, 3.05) is 0 Å². The minimum atomic E-state index is -1.29. The maximum absolute atomic E-state index is 13.8. The molecule has 1 rings (SSSR count). The molecule has 0 heterocycles. The number of aliphatic hydroxyl groups is 2. The fourth-order valence-electron chi connectivity index (χ4n) is 3.76. The van der Waals surface area contributed by atoms with Crippen molar-refractivity contribution >= 4 is 11.6 Å². The van der Waals surface area contributed by atoms with E-state index in [2.05, 4.69) is 0 Å². The van der Waals surface area contributed by atoms with E-state index in [1.807, 2.05) is 66.7 Å². The van der Waals surface area contributed by atoms with Gasteiger partial charge in [0.05, 0.1) is 5.41 Å². The van der Waals surface area contributed by atoms with Crippen LogP contribution < -0.4 is 0 Å². The molecule has 2 N–H and O–H groups in total. The highest BCUT2D eigenvalue weighted by atomic mass is 16.3. The summed E-state index contributed by atoms with van der Waals surface area (Å²) in [5.74, 6) is -1.68. The molecule has 1 atom stereocenters. The summed E-state index contributed by atoms with van der Waals surface area (Å²) in [4.78, 5) is 27.1. The summed E-state index contributed by atoms with van der Waals surface area (Å²) in [5.41, 5.74) is 1.90. The largest absolute Gasteiger partial charge is 0.511 e. The van der Waals surface area contributed by atoms with Gasteiger partial charge in [-0.1, -0.05) is 55.2 Å². The van der Waals surface area contributed by atoms with E-state index in [9.17, 15) is 19.8 Å². The number of carbonyl (C=O) groups is 2. The Morgan fingerprint density at radius 3 is 1.84 bits per heavy atom. The second kappa shape index (κ2) is 11.3. The molecule has 0 spiro atoms. The van der Waals surface area contributed by atoms with Gasteiger partial charge in [0.15, 0.2) is 11.6 Å². The Hall–Kier alpha value is -2.36. The number of allylic oxidation sites excluding steroid dienone is 9. The van der Waals surface area contributed by atoms with Gasteiger partial charge in [-0.2, -0.15) is 0 Å². The Labute approximate surface area is 188 Å². The molecule has 0 bridgehead atoms. The van der Waals surface area contributed by atoms with Gasteiger partial charge in [0.2, 0.25) is 0 Å². The van der Waals surface area contributed by atoms with E-state index in [0.29, 0.717) is 6.42 Å². The molecule has 1 unspecified atom stereocenters. The molecule has 4 nitrogen and oxygen atoms in total. The highest BCUT2D eigenvalue weighted by molar-refractivity contribution is 6.24. The van der Waals surface area contributed by atoms with Crippen LogP contribution in [0.3, 0.4) is 0 Å². The summed E-state index contributed by atoms with van der Waals surface area (Å²) < 4.78 is 0. The molecule has 172 valence electrons. The number of hydrogen-bond donors (Lipinski definition) is 2. The van der Waals surface area contributed by atoms with Gasteiger partial charge in [-0.25, -0.2) is 0 Å². The lowest BCUT2D eigenvalue weighted by atomic mass is 9.66. The number of hydrogen-bond acceptors (Lipinski definition) is 4.